The van der Waals surface area contributed by atoms with Crippen LogP contribution in [-0.4, -0.2) is 62.0 Å². The molecule has 3 aromatic rings. The van der Waals surface area contributed by atoms with Gasteiger partial charge in [-0.25, -0.2) is 22.0 Å². The molecule has 3 amide bonds. The molecule has 1 fully saturated rings. The van der Waals surface area contributed by atoms with Gasteiger partial charge in [0.2, 0.25) is 11.8 Å². The standard InChI is InChI=1S/C30H30F2N4O8S/c1-3-45(42,43)25-9-6-19(34-30(41)44-2)14-20(25)27-18(15-37)10-11-36(27)29(40)26(16-4-8-22(32)24(38)13-16)35-23-12-17(28(33)39)5-7-21(23)31/h4-9,12-15,18,26-27,35,38H,3,10-11H2,1-2H3,(H2,33,39)(H,34,41)/t18-,26-,27-/m1/s1. The number of carbonyl (C=O) groups excluding carboxylic acids is 4. The molecule has 0 saturated carbocycles. The van der Waals surface area contributed by atoms with Gasteiger partial charge in [-0.05, 0) is 66.1 Å². The lowest BCUT2D eigenvalue weighted by Gasteiger charge is -2.32. The smallest absolute Gasteiger partial charge is 0.411 e. The van der Waals surface area contributed by atoms with Crippen molar-refractivity contribution in [3.8, 4) is 5.75 Å². The maximum Gasteiger partial charge on any atom is 0.411 e. The highest BCUT2D eigenvalue weighted by Gasteiger charge is 2.43. The lowest BCUT2D eigenvalue weighted by molar-refractivity contribution is -0.133. The summed E-state index contributed by atoms with van der Waals surface area (Å²) in [6.07, 6.45) is -0.144. The van der Waals surface area contributed by atoms with Gasteiger partial charge in [-0.3, -0.25) is 14.9 Å². The first-order valence-electron chi connectivity index (χ1n) is 13.6. The number of sulfone groups is 1. The molecule has 12 nitrogen and oxygen atoms in total. The van der Waals surface area contributed by atoms with Crippen molar-refractivity contribution in [1.82, 2.24) is 4.90 Å². The van der Waals surface area contributed by atoms with E-state index in [-0.39, 0.29) is 51.7 Å². The molecule has 0 unspecified atom stereocenters. The number of ether oxygens (including phenoxy) is 1. The van der Waals surface area contributed by atoms with Crippen molar-refractivity contribution in [2.45, 2.75) is 30.3 Å². The van der Waals surface area contributed by atoms with Crippen LogP contribution in [0.25, 0.3) is 0 Å². The van der Waals surface area contributed by atoms with Crippen molar-refractivity contribution in [2.24, 2.45) is 11.7 Å². The highest BCUT2D eigenvalue weighted by molar-refractivity contribution is 7.91. The second-order valence-corrected chi connectivity index (χ2v) is 12.4. The number of phenols is 1. The van der Waals surface area contributed by atoms with Gasteiger partial charge in [0.1, 0.15) is 18.1 Å². The molecular formula is C30H30F2N4O8S. The van der Waals surface area contributed by atoms with E-state index in [1.54, 1.807) is 0 Å². The van der Waals surface area contributed by atoms with Gasteiger partial charge in [0.25, 0.3) is 0 Å². The Morgan fingerprint density at radius 1 is 1.11 bits per heavy atom. The molecule has 3 aromatic carbocycles. The van der Waals surface area contributed by atoms with Gasteiger partial charge in [-0.1, -0.05) is 13.0 Å². The predicted octanol–water partition coefficient (Wildman–Crippen LogP) is 3.68. The molecule has 1 saturated heterocycles. The third-order valence-corrected chi connectivity index (χ3v) is 9.28. The van der Waals surface area contributed by atoms with Crippen LogP contribution in [0.2, 0.25) is 0 Å². The highest BCUT2D eigenvalue weighted by atomic mass is 32.2. The first-order valence-corrected chi connectivity index (χ1v) is 15.3. The monoisotopic (exact) mass is 644 g/mol. The fraction of sp³-hybridized carbons (Fsp3) is 0.267. The zero-order valence-corrected chi connectivity index (χ0v) is 24.9. The maximum absolute atomic E-state index is 14.9. The van der Waals surface area contributed by atoms with Crippen LogP contribution in [-0.2, 0) is 24.2 Å². The Labute approximate surface area is 257 Å². The molecular weight excluding hydrogens is 614 g/mol. The summed E-state index contributed by atoms with van der Waals surface area (Å²) < 4.78 is 59.9. The van der Waals surface area contributed by atoms with E-state index in [9.17, 15) is 41.5 Å². The van der Waals surface area contributed by atoms with Crippen LogP contribution in [0.5, 0.6) is 5.75 Å². The molecule has 45 heavy (non-hydrogen) atoms. The van der Waals surface area contributed by atoms with Crippen LogP contribution in [0.3, 0.4) is 0 Å². The van der Waals surface area contributed by atoms with E-state index in [4.69, 9.17) is 5.73 Å². The zero-order chi connectivity index (χ0) is 33.1. The summed E-state index contributed by atoms with van der Waals surface area (Å²) in [5.41, 5.74) is 5.08. The summed E-state index contributed by atoms with van der Waals surface area (Å²) in [5.74, 6) is -5.55. The first kappa shape index (κ1) is 32.9. The van der Waals surface area contributed by atoms with Crippen molar-refractivity contribution >= 4 is 45.4 Å². The minimum Gasteiger partial charge on any atom is -0.505 e. The van der Waals surface area contributed by atoms with Gasteiger partial charge < -0.3 is 30.6 Å². The normalized spacial score (nSPS) is 16.9. The molecule has 4 rings (SSSR count). The number of likely N-dealkylation sites (tertiary alicyclic amines) is 1. The van der Waals surface area contributed by atoms with Gasteiger partial charge >= 0.3 is 6.09 Å². The van der Waals surface area contributed by atoms with Gasteiger partial charge in [0.15, 0.2) is 21.4 Å². The quantitative estimate of drug-likeness (QED) is 0.239. The van der Waals surface area contributed by atoms with E-state index in [1.165, 1.54) is 36.1 Å². The van der Waals surface area contributed by atoms with Crippen molar-refractivity contribution in [1.29, 1.82) is 0 Å². The molecule has 15 heteroatoms. The van der Waals surface area contributed by atoms with Gasteiger partial charge in [-0.2, -0.15) is 0 Å². The topological polar surface area (TPSA) is 185 Å². The number of hydrogen-bond acceptors (Lipinski definition) is 9. The fourth-order valence-corrected chi connectivity index (χ4v) is 6.30. The van der Waals surface area contributed by atoms with Crippen LogP contribution in [0.1, 0.15) is 46.9 Å². The number of anilines is 2. The number of nitrogens with zero attached hydrogens (tertiary/aromatic N) is 1. The number of benzene rings is 3. The number of nitrogens with two attached hydrogens (primary N) is 1. The summed E-state index contributed by atoms with van der Waals surface area (Å²) in [6, 6.07) is 7.39. The van der Waals surface area contributed by atoms with Crippen LogP contribution in [0.4, 0.5) is 25.0 Å². The van der Waals surface area contributed by atoms with Gasteiger partial charge in [-0.15, -0.1) is 0 Å². The molecule has 5 N–H and O–H groups in total. The fourth-order valence-electron chi connectivity index (χ4n) is 5.18. The Kier molecular flexibility index (Phi) is 9.71. The predicted molar refractivity (Wildman–Crippen MR) is 158 cm³/mol. The number of methoxy groups -OCH3 is 1. The van der Waals surface area contributed by atoms with Crippen molar-refractivity contribution in [3.05, 3.63) is 82.9 Å². The molecule has 3 atom stereocenters. The average molecular weight is 645 g/mol. The van der Waals surface area contributed by atoms with E-state index in [0.717, 1.165) is 37.4 Å². The summed E-state index contributed by atoms with van der Waals surface area (Å²) in [4.78, 5) is 51.4. The Balaban J connectivity index is 1.88. The van der Waals surface area contributed by atoms with E-state index in [0.29, 0.717) is 6.29 Å². The first-order chi connectivity index (χ1) is 21.3. The minimum atomic E-state index is -3.93. The SMILES string of the molecule is CCS(=O)(=O)c1ccc(NC(=O)OC)cc1[C@H]1[C@@H](C=O)CCN1C(=O)[C@H](Nc1cc(C(N)=O)ccc1F)c1ccc(F)c(O)c1. The maximum atomic E-state index is 14.9. The number of rotatable bonds is 10. The Hall–Kier alpha value is -5.05. The number of aromatic hydroxyl groups is 1. The third kappa shape index (κ3) is 6.87. The van der Waals surface area contributed by atoms with Crippen molar-refractivity contribution < 1.29 is 46.2 Å². The number of primary amides is 1. The molecule has 1 heterocycles. The Morgan fingerprint density at radius 2 is 1.82 bits per heavy atom. The van der Waals surface area contributed by atoms with Crippen LogP contribution in [0, 0.1) is 17.6 Å². The average Bonchev–Trinajstić information content (AvgIpc) is 3.45. The van der Waals surface area contributed by atoms with Gasteiger partial charge in [0.05, 0.1) is 29.5 Å². The number of hydrogen-bond donors (Lipinski definition) is 4. The Bertz CT molecular complexity index is 1770. The lowest BCUT2D eigenvalue weighted by atomic mass is 9.93. The number of aldehydes is 1. The minimum absolute atomic E-state index is 0.0152. The Morgan fingerprint density at radius 3 is 2.44 bits per heavy atom. The van der Waals surface area contributed by atoms with Crippen molar-refractivity contribution in [3.63, 3.8) is 0 Å². The molecule has 1 aliphatic heterocycles. The van der Waals surface area contributed by atoms with E-state index in [2.05, 4.69) is 15.4 Å². The van der Waals surface area contributed by atoms with Gasteiger partial charge in [0, 0.05) is 23.7 Å². The van der Waals surface area contributed by atoms with Crippen molar-refractivity contribution in [2.75, 3.05) is 30.0 Å². The van der Waals surface area contributed by atoms with E-state index < -0.39 is 63.1 Å². The molecule has 0 spiro atoms. The number of halogens is 2. The second kappa shape index (κ2) is 13.3. The summed E-state index contributed by atoms with van der Waals surface area (Å²) in [7, 11) is -2.80. The van der Waals surface area contributed by atoms with Crippen LogP contribution >= 0.6 is 0 Å². The molecule has 0 bridgehead atoms. The van der Waals surface area contributed by atoms with E-state index >= 15 is 0 Å². The largest absolute Gasteiger partial charge is 0.505 e. The second-order valence-electron chi connectivity index (χ2n) is 10.2. The molecule has 0 radical (unpaired) electrons. The molecule has 0 aliphatic carbocycles. The highest BCUT2D eigenvalue weighted by Crippen LogP contribution is 2.42. The number of nitrogens with one attached hydrogen (secondary N) is 2. The van der Waals surface area contributed by atoms with E-state index in [1.807, 2.05) is 0 Å². The lowest BCUT2D eigenvalue weighted by Crippen LogP contribution is -2.39. The zero-order valence-electron chi connectivity index (χ0n) is 24.1. The van der Waals surface area contributed by atoms with Crippen LogP contribution in [0.15, 0.2) is 59.5 Å². The van der Waals surface area contributed by atoms with Crippen LogP contribution < -0.4 is 16.4 Å². The number of phenolic OH excluding ortho intramolecular Hbond substituents is 1. The molecule has 0 aromatic heterocycles. The third-order valence-electron chi connectivity index (χ3n) is 7.48. The number of carbonyl (C=O) groups is 4. The molecule has 1 aliphatic rings. The summed E-state index contributed by atoms with van der Waals surface area (Å²) in [6.45, 7) is 1.37. The number of amides is 3. The summed E-state index contributed by atoms with van der Waals surface area (Å²) >= 11 is 0. The molecule has 238 valence electrons. The summed E-state index contributed by atoms with van der Waals surface area (Å²) in [5, 5.41) is 15.2.